The standard InChI is InChI=1S/C22H20BrNO7/c1-22(2)30-20(26)15(21(27)31-22)11-24-18-16(23)9-14(19(25)28-3)10-17(18)29-12-13-7-5-4-6-8-13/h4-11,24H,12H2,1-3H3. The number of cyclic esters (lactones) is 2. The normalized spacial score (nSPS) is 14.9. The van der Waals surface area contributed by atoms with Crippen LogP contribution in [0.5, 0.6) is 5.75 Å². The summed E-state index contributed by atoms with van der Waals surface area (Å²) >= 11 is 3.38. The lowest BCUT2D eigenvalue weighted by Crippen LogP contribution is -2.42. The van der Waals surface area contributed by atoms with Gasteiger partial charge in [-0.25, -0.2) is 14.4 Å². The van der Waals surface area contributed by atoms with Gasteiger partial charge < -0.3 is 24.3 Å². The van der Waals surface area contributed by atoms with Crippen molar-refractivity contribution >= 4 is 39.5 Å². The largest absolute Gasteiger partial charge is 0.487 e. The maximum atomic E-state index is 12.2. The Morgan fingerprint density at radius 3 is 2.39 bits per heavy atom. The van der Waals surface area contributed by atoms with Crippen molar-refractivity contribution in [2.75, 3.05) is 12.4 Å². The van der Waals surface area contributed by atoms with E-state index in [1.165, 1.54) is 39.3 Å². The van der Waals surface area contributed by atoms with Gasteiger partial charge >= 0.3 is 17.9 Å². The fraction of sp³-hybridized carbons (Fsp3) is 0.227. The van der Waals surface area contributed by atoms with Crippen molar-refractivity contribution in [3.63, 3.8) is 0 Å². The quantitative estimate of drug-likeness (QED) is 0.369. The summed E-state index contributed by atoms with van der Waals surface area (Å²) in [7, 11) is 1.28. The molecule has 1 heterocycles. The van der Waals surface area contributed by atoms with E-state index in [1.54, 1.807) is 0 Å². The van der Waals surface area contributed by atoms with E-state index in [9.17, 15) is 14.4 Å². The number of ether oxygens (including phenoxy) is 4. The Labute approximate surface area is 187 Å². The molecule has 1 aliphatic rings. The van der Waals surface area contributed by atoms with Gasteiger partial charge in [-0.05, 0) is 33.6 Å². The number of halogens is 1. The van der Waals surface area contributed by atoms with Gasteiger partial charge in [-0.15, -0.1) is 0 Å². The molecule has 2 aromatic carbocycles. The molecule has 8 nitrogen and oxygen atoms in total. The molecule has 0 saturated carbocycles. The number of carbonyl (C=O) groups excluding carboxylic acids is 3. The summed E-state index contributed by atoms with van der Waals surface area (Å²) in [4.78, 5) is 36.3. The van der Waals surface area contributed by atoms with Gasteiger partial charge in [0.2, 0.25) is 0 Å². The highest BCUT2D eigenvalue weighted by Gasteiger charge is 2.39. The molecule has 0 spiro atoms. The second-order valence-corrected chi connectivity index (χ2v) is 7.83. The van der Waals surface area contributed by atoms with E-state index in [0.29, 0.717) is 15.9 Å². The van der Waals surface area contributed by atoms with Crippen molar-refractivity contribution < 1.29 is 33.3 Å². The first-order valence-electron chi connectivity index (χ1n) is 9.22. The third-order valence-electron chi connectivity index (χ3n) is 4.19. The minimum atomic E-state index is -1.34. The smallest absolute Gasteiger partial charge is 0.350 e. The fourth-order valence-corrected chi connectivity index (χ4v) is 3.29. The van der Waals surface area contributed by atoms with Crippen LogP contribution in [0.25, 0.3) is 0 Å². The van der Waals surface area contributed by atoms with Crippen molar-refractivity contribution in [2.24, 2.45) is 0 Å². The number of esters is 3. The lowest BCUT2D eigenvalue weighted by atomic mass is 10.1. The molecule has 9 heteroatoms. The van der Waals surface area contributed by atoms with E-state index in [-0.39, 0.29) is 17.7 Å². The maximum Gasteiger partial charge on any atom is 0.350 e. The highest BCUT2D eigenvalue weighted by Crippen LogP contribution is 2.36. The van der Waals surface area contributed by atoms with E-state index >= 15 is 0 Å². The van der Waals surface area contributed by atoms with Gasteiger partial charge in [-0.3, -0.25) is 0 Å². The van der Waals surface area contributed by atoms with Crippen LogP contribution >= 0.6 is 15.9 Å². The molecule has 0 atom stereocenters. The number of rotatable bonds is 6. The zero-order chi connectivity index (χ0) is 22.6. The Hall–Kier alpha value is -3.33. The van der Waals surface area contributed by atoms with Gasteiger partial charge in [0.15, 0.2) is 5.57 Å². The minimum absolute atomic E-state index is 0.224. The molecule has 2 aromatic rings. The van der Waals surface area contributed by atoms with Crippen LogP contribution in [0, 0.1) is 0 Å². The van der Waals surface area contributed by atoms with Gasteiger partial charge in [0, 0.05) is 24.5 Å². The van der Waals surface area contributed by atoms with Crippen molar-refractivity contribution in [1.29, 1.82) is 0 Å². The van der Waals surface area contributed by atoms with Crippen molar-refractivity contribution in [3.05, 3.63) is 69.8 Å². The average molecular weight is 490 g/mol. The van der Waals surface area contributed by atoms with Crippen LogP contribution < -0.4 is 10.1 Å². The number of nitrogens with one attached hydrogen (secondary N) is 1. The summed E-state index contributed by atoms with van der Waals surface area (Å²) in [5.74, 6) is -3.21. The summed E-state index contributed by atoms with van der Waals surface area (Å²) in [6.07, 6.45) is 1.17. The molecule has 1 N–H and O–H groups in total. The Balaban J connectivity index is 1.91. The first-order chi connectivity index (χ1) is 14.7. The van der Waals surface area contributed by atoms with Crippen LogP contribution in [0.3, 0.4) is 0 Å². The molecular formula is C22H20BrNO7. The zero-order valence-electron chi connectivity index (χ0n) is 17.1. The van der Waals surface area contributed by atoms with Crippen LogP contribution in [0.15, 0.2) is 58.7 Å². The third kappa shape index (κ3) is 5.43. The Morgan fingerprint density at radius 2 is 1.77 bits per heavy atom. The van der Waals surface area contributed by atoms with Crippen molar-refractivity contribution in [1.82, 2.24) is 0 Å². The first-order valence-corrected chi connectivity index (χ1v) is 10.0. The average Bonchev–Trinajstić information content (AvgIpc) is 2.72. The van der Waals surface area contributed by atoms with Crippen LogP contribution in [-0.2, 0) is 30.4 Å². The van der Waals surface area contributed by atoms with Gasteiger partial charge in [-0.1, -0.05) is 30.3 Å². The highest BCUT2D eigenvalue weighted by atomic mass is 79.9. The molecule has 1 aliphatic heterocycles. The van der Waals surface area contributed by atoms with Crippen LogP contribution in [0.4, 0.5) is 5.69 Å². The number of hydrogen-bond donors (Lipinski definition) is 1. The van der Waals surface area contributed by atoms with E-state index in [0.717, 1.165) is 5.56 Å². The Kier molecular flexibility index (Phi) is 6.65. The SMILES string of the molecule is COC(=O)c1cc(Br)c(NC=C2C(=O)OC(C)(C)OC2=O)c(OCc2ccccc2)c1. The predicted molar refractivity (Wildman–Crippen MR) is 114 cm³/mol. The zero-order valence-corrected chi connectivity index (χ0v) is 18.6. The molecule has 0 aliphatic carbocycles. The molecule has 1 fully saturated rings. The van der Waals surface area contributed by atoms with E-state index in [4.69, 9.17) is 18.9 Å². The lowest BCUT2D eigenvalue weighted by molar-refractivity contribution is -0.222. The van der Waals surface area contributed by atoms with Crippen LogP contribution in [0.1, 0.15) is 29.8 Å². The van der Waals surface area contributed by atoms with E-state index in [2.05, 4.69) is 21.2 Å². The van der Waals surface area contributed by atoms with Gasteiger partial charge in [0.1, 0.15) is 12.4 Å². The molecule has 0 radical (unpaired) electrons. The Bertz CT molecular complexity index is 1030. The summed E-state index contributed by atoms with van der Waals surface area (Å²) in [5.41, 5.74) is 1.25. The second-order valence-electron chi connectivity index (χ2n) is 6.98. The molecule has 0 unspecified atom stereocenters. The topological polar surface area (TPSA) is 100 Å². The molecule has 0 bridgehead atoms. The molecule has 162 valence electrons. The third-order valence-corrected chi connectivity index (χ3v) is 4.82. The van der Waals surface area contributed by atoms with Crippen LogP contribution in [-0.4, -0.2) is 30.8 Å². The molecule has 31 heavy (non-hydrogen) atoms. The van der Waals surface area contributed by atoms with Crippen LogP contribution in [0.2, 0.25) is 0 Å². The summed E-state index contributed by atoms with van der Waals surface area (Å²) in [6.45, 7) is 3.15. The molecule has 1 saturated heterocycles. The summed E-state index contributed by atoms with van der Waals surface area (Å²) < 4.78 is 21.3. The number of carbonyl (C=O) groups is 3. The van der Waals surface area contributed by atoms with E-state index in [1.807, 2.05) is 30.3 Å². The van der Waals surface area contributed by atoms with Gasteiger partial charge in [-0.2, -0.15) is 0 Å². The summed E-state index contributed by atoms with van der Waals surface area (Å²) in [5, 5.41) is 2.87. The van der Waals surface area contributed by atoms with Crippen molar-refractivity contribution in [2.45, 2.75) is 26.2 Å². The number of benzene rings is 2. The van der Waals surface area contributed by atoms with Gasteiger partial charge in [0.05, 0.1) is 18.4 Å². The Morgan fingerprint density at radius 1 is 1.13 bits per heavy atom. The predicted octanol–water partition coefficient (Wildman–Crippen LogP) is 3.95. The highest BCUT2D eigenvalue weighted by molar-refractivity contribution is 9.10. The van der Waals surface area contributed by atoms with E-state index < -0.39 is 23.7 Å². The monoisotopic (exact) mass is 489 g/mol. The molecular weight excluding hydrogens is 470 g/mol. The molecule has 3 rings (SSSR count). The number of anilines is 1. The van der Waals surface area contributed by atoms with Gasteiger partial charge in [0.25, 0.3) is 5.79 Å². The number of hydrogen-bond acceptors (Lipinski definition) is 8. The molecule has 0 aromatic heterocycles. The lowest BCUT2D eigenvalue weighted by Gasteiger charge is -2.29. The molecule has 0 amide bonds. The maximum absolute atomic E-state index is 12.2. The fourth-order valence-electron chi connectivity index (χ4n) is 2.73. The summed E-state index contributed by atoms with van der Waals surface area (Å²) in [6, 6.07) is 12.5. The minimum Gasteiger partial charge on any atom is -0.487 e. The van der Waals surface area contributed by atoms with Crippen molar-refractivity contribution in [3.8, 4) is 5.75 Å². The second kappa shape index (κ2) is 9.22. The first kappa shape index (κ1) is 22.4. The number of methoxy groups -OCH3 is 1.